The first-order valence-corrected chi connectivity index (χ1v) is 7.45. The van der Waals surface area contributed by atoms with Crippen LogP contribution in [0.4, 0.5) is 0 Å². The molecular formula is C17H20N2O. The van der Waals surface area contributed by atoms with Crippen LogP contribution in [-0.4, -0.2) is 28.9 Å². The number of benzene rings is 1. The molecule has 3 heteroatoms. The van der Waals surface area contributed by atoms with E-state index in [-0.39, 0.29) is 5.91 Å². The number of rotatable bonds is 2. The number of carbonyl (C=O) groups excluding carboxylic acids is 1. The van der Waals surface area contributed by atoms with Crippen LogP contribution in [-0.2, 0) is 11.2 Å². The molecule has 0 radical (unpaired) electrons. The Morgan fingerprint density at radius 3 is 2.55 bits per heavy atom. The highest BCUT2D eigenvalue weighted by Crippen LogP contribution is 2.14. The minimum absolute atomic E-state index is 0.217. The second-order valence-corrected chi connectivity index (χ2v) is 5.47. The molecule has 1 saturated heterocycles. The van der Waals surface area contributed by atoms with Crippen LogP contribution in [0.3, 0.4) is 0 Å². The van der Waals surface area contributed by atoms with E-state index >= 15 is 0 Å². The van der Waals surface area contributed by atoms with Gasteiger partial charge in [-0.15, -0.1) is 0 Å². The Hall–Kier alpha value is -1.90. The van der Waals surface area contributed by atoms with Gasteiger partial charge in [0.25, 0.3) is 0 Å². The second kappa shape index (κ2) is 6.04. The normalized spacial score (nSPS) is 16.1. The van der Waals surface area contributed by atoms with Gasteiger partial charge in [0.2, 0.25) is 5.91 Å². The van der Waals surface area contributed by atoms with Crippen LogP contribution in [0.2, 0.25) is 0 Å². The van der Waals surface area contributed by atoms with Crippen LogP contribution >= 0.6 is 0 Å². The van der Waals surface area contributed by atoms with Crippen molar-refractivity contribution in [2.45, 2.75) is 32.1 Å². The number of aromatic nitrogens is 1. The molecule has 0 atom stereocenters. The van der Waals surface area contributed by atoms with Gasteiger partial charge in [0.05, 0.1) is 17.6 Å². The van der Waals surface area contributed by atoms with Crippen molar-refractivity contribution >= 4 is 16.8 Å². The van der Waals surface area contributed by atoms with Gasteiger partial charge < -0.3 is 4.90 Å². The molecule has 2 aromatic rings. The first-order chi connectivity index (χ1) is 9.83. The van der Waals surface area contributed by atoms with Gasteiger partial charge in [0.1, 0.15) is 0 Å². The molecule has 0 N–H and O–H groups in total. The summed E-state index contributed by atoms with van der Waals surface area (Å²) in [6, 6.07) is 12.0. The summed E-state index contributed by atoms with van der Waals surface area (Å²) in [5.41, 5.74) is 1.84. The highest BCUT2D eigenvalue weighted by Gasteiger charge is 2.16. The highest BCUT2D eigenvalue weighted by molar-refractivity contribution is 5.81. The summed E-state index contributed by atoms with van der Waals surface area (Å²) >= 11 is 0. The number of hydrogen-bond acceptors (Lipinski definition) is 2. The Balaban J connectivity index is 1.73. The molecule has 0 bridgehead atoms. The Labute approximate surface area is 119 Å². The summed E-state index contributed by atoms with van der Waals surface area (Å²) in [4.78, 5) is 18.9. The monoisotopic (exact) mass is 268 g/mol. The third-order valence-electron chi connectivity index (χ3n) is 3.95. The van der Waals surface area contributed by atoms with Crippen LogP contribution in [0.5, 0.6) is 0 Å². The standard InChI is InChI=1S/C17H20N2O/c20-17(19-11-5-1-2-6-12-19)13-15-10-9-14-7-3-4-8-16(14)18-15/h3-4,7-10H,1-2,5-6,11-13H2. The maximum absolute atomic E-state index is 12.3. The predicted molar refractivity (Wildman–Crippen MR) is 80.5 cm³/mol. The van der Waals surface area contributed by atoms with Crippen LogP contribution in [0.1, 0.15) is 31.4 Å². The first-order valence-electron chi connectivity index (χ1n) is 7.45. The second-order valence-electron chi connectivity index (χ2n) is 5.47. The van der Waals surface area contributed by atoms with Crippen molar-refractivity contribution in [1.29, 1.82) is 0 Å². The SMILES string of the molecule is O=C(Cc1ccc2ccccc2n1)N1CCCCCC1. The number of para-hydroxylation sites is 1. The van der Waals surface area contributed by atoms with E-state index in [0.29, 0.717) is 6.42 Å². The molecule has 1 aromatic carbocycles. The minimum Gasteiger partial charge on any atom is -0.342 e. The molecule has 2 heterocycles. The number of pyridine rings is 1. The Kier molecular flexibility index (Phi) is 3.95. The van der Waals surface area contributed by atoms with Crippen molar-refractivity contribution in [2.75, 3.05) is 13.1 Å². The maximum atomic E-state index is 12.3. The molecule has 0 unspecified atom stereocenters. The summed E-state index contributed by atoms with van der Waals surface area (Å²) in [6.45, 7) is 1.82. The molecule has 1 aliphatic heterocycles. The molecular weight excluding hydrogens is 248 g/mol. The number of likely N-dealkylation sites (tertiary alicyclic amines) is 1. The number of fused-ring (bicyclic) bond motifs is 1. The molecule has 104 valence electrons. The van der Waals surface area contributed by atoms with Gasteiger partial charge in [-0.3, -0.25) is 9.78 Å². The zero-order valence-electron chi connectivity index (χ0n) is 11.7. The van der Waals surface area contributed by atoms with Gasteiger partial charge in [0, 0.05) is 18.5 Å². The Bertz CT molecular complexity index is 601. The lowest BCUT2D eigenvalue weighted by Gasteiger charge is -2.20. The number of nitrogens with zero attached hydrogens (tertiary/aromatic N) is 2. The van der Waals surface area contributed by atoms with Crippen LogP contribution in [0.15, 0.2) is 36.4 Å². The molecule has 1 amide bonds. The van der Waals surface area contributed by atoms with Crippen molar-refractivity contribution < 1.29 is 4.79 Å². The summed E-state index contributed by atoms with van der Waals surface area (Å²) in [5, 5.41) is 1.12. The Morgan fingerprint density at radius 1 is 1.00 bits per heavy atom. The minimum atomic E-state index is 0.217. The summed E-state index contributed by atoms with van der Waals surface area (Å²) in [6.07, 6.45) is 5.19. The maximum Gasteiger partial charge on any atom is 0.228 e. The van der Waals surface area contributed by atoms with E-state index in [1.807, 2.05) is 41.3 Å². The van der Waals surface area contributed by atoms with Crippen molar-refractivity contribution in [2.24, 2.45) is 0 Å². The third kappa shape index (κ3) is 2.98. The fraction of sp³-hybridized carbons (Fsp3) is 0.412. The van der Waals surface area contributed by atoms with Crippen molar-refractivity contribution in [1.82, 2.24) is 9.88 Å². The topological polar surface area (TPSA) is 33.2 Å². The van der Waals surface area contributed by atoms with Crippen molar-refractivity contribution in [3.8, 4) is 0 Å². The van der Waals surface area contributed by atoms with Gasteiger partial charge in [0.15, 0.2) is 0 Å². The average Bonchev–Trinajstić information content (AvgIpc) is 2.76. The van der Waals surface area contributed by atoms with E-state index < -0.39 is 0 Å². The number of amides is 1. The quantitative estimate of drug-likeness (QED) is 0.838. The Morgan fingerprint density at radius 2 is 1.75 bits per heavy atom. The highest BCUT2D eigenvalue weighted by atomic mass is 16.2. The molecule has 3 nitrogen and oxygen atoms in total. The van der Waals surface area contributed by atoms with Gasteiger partial charge in [-0.1, -0.05) is 37.1 Å². The molecule has 0 saturated carbocycles. The summed E-state index contributed by atoms with van der Waals surface area (Å²) in [7, 11) is 0. The van der Waals surface area contributed by atoms with E-state index in [1.165, 1.54) is 12.8 Å². The molecule has 1 fully saturated rings. The summed E-state index contributed by atoms with van der Waals surface area (Å²) in [5.74, 6) is 0.217. The third-order valence-corrected chi connectivity index (χ3v) is 3.95. The van der Waals surface area contributed by atoms with Crippen LogP contribution in [0, 0.1) is 0 Å². The summed E-state index contributed by atoms with van der Waals surface area (Å²) < 4.78 is 0. The van der Waals surface area contributed by atoms with E-state index in [2.05, 4.69) is 4.98 Å². The first kappa shape index (κ1) is 13.1. The van der Waals surface area contributed by atoms with E-state index in [1.54, 1.807) is 0 Å². The molecule has 1 aliphatic rings. The van der Waals surface area contributed by atoms with Gasteiger partial charge in [-0.2, -0.15) is 0 Å². The van der Waals surface area contributed by atoms with Crippen LogP contribution < -0.4 is 0 Å². The van der Waals surface area contributed by atoms with Gasteiger partial charge >= 0.3 is 0 Å². The smallest absolute Gasteiger partial charge is 0.228 e. The number of carbonyl (C=O) groups is 1. The van der Waals surface area contributed by atoms with Crippen molar-refractivity contribution in [3.63, 3.8) is 0 Å². The largest absolute Gasteiger partial charge is 0.342 e. The number of hydrogen-bond donors (Lipinski definition) is 0. The van der Waals surface area contributed by atoms with Gasteiger partial charge in [-0.05, 0) is 25.0 Å². The van der Waals surface area contributed by atoms with E-state index in [4.69, 9.17) is 0 Å². The molecule has 0 aliphatic carbocycles. The lowest BCUT2D eigenvalue weighted by molar-refractivity contribution is -0.130. The van der Waals surface area contributed by atoms with Crippen molar-refractivity contribution in [3.05, 3.63) is 42.1 Å². The lowest BCUT2D eigenvalue weighted by atomic mass is 10.1. The van der Waals surface area contributed by atoms with Gasteiger partial charge in [-0.25, -0.2) is 0 Å². The predicted octanol–water partition coefficient (Wildman–Crippen LogP) is 3.18. The zero-order chi connectivity index (χ0) is 13.8. The van der Waals surface area contributed by atoms with E-state index in [9.17, 15) is 4.79 Å². The average molecular weight is 268 g/mol. The molecule has 1 aromatic heterocycles. The molecule has 0 spiro atoms. The lowest BCUT2D eigenvalue weighted by Crippen LogP contribution is -2.33. The van der Waals surface area contributed by atoms with E-state index in [0.717, 1.165) is 42.5 Å². The fourth-order valence-electron chi connectivity index (χ4n) is 2.79. The molecule has 3 rings (SSSR count). The van der Waals surface area contributed by atoms with Crippen LogP contribution in [0.25, 0.3) is 10.9 Å². The zero-order valence-corrected chi connectivity index (χ0v) is 11.7. The molecule has 20 heavy (non-hydrogen) atoms. The fourth-order valence-corrected chi connectivity index (χ4v) is 2.79.